The zero-order chi connectivity index (χ0) is 16.8. The van der Waals surface area contributed by atoms with Gasteiger partial charge in [-0.2, -0.15) is 0 Å². The molecule has 6 heteroatoms. The third-order valence-electron chi connectivity index (χ3n) is 3.86. The first kappa shape index (κ1) is 16.9. The number of carboxylic acids is 1. The summed E-state index contributed by atoms with van der Waals surface area (Å²) in [6, 6.07) is 4.55. The van der Waals surface area contributed by atoms with E-state index in [1.165, 1.54) is 11.0 Å². The Bertz CT molecular complexity index is 589. The van der Waals surface area contributed by atoms with Gasteiger partial charge in [-0.3, -0.25) is 4.79 Å². The van der Waals surface area contributed by atoms with Crippen LogP contribution in [-0.2, 0) is 9.59 Å². The van der Waals surface area contributed by atoms with Gasteiger partial charge in [0.2, 0.25) is 5.91 Å². The van der Waals surface area contributed by atoms with Crippen LogP contribution in [0.15, 0.2) is 24.3 Å². The fraction of sp³-hybridized carbons (Fsp3) is 0.412. The summed E-state index contributed by atoms with van der Waals surface area (Å²) in [5, 5.41) is 9.23. The minimum atomic E-state index is -0.950. The molecular weight excluding hydrogens is 298 g/mol. The molecule has 1 fully saturated rings. The topological polar surface area (TPSA) is 76.1 Å². The second-order valence-electron chi connectivity index (χ2n) is 5.36. The number of carboxylic acid groups (broad SMARTS) is 1. The molecule has 1 amide bonds. The quantitative estimate of drug-likeness (QED) is 0.842. The highest BCUT2D eigenvalue weighted by molar-refractivity contribution is 5.94. The first-order valence-corrected chi connectivity index (χ1v) is 7.49. The molecule has 1 N–H and O–H groups in total. The van der Waals surface area contributed by atoms with Crippen molar-refractivity contribution in [3.8, 4) is 11.5 Å². The molecule has 0 unspecified atom stereocenters. The van der Waals surface area contributed by atoms with Crippen molar-refractivity contribution < 1.29 is 24.2 Å². The summed E-state index contributed by atoms with van der Waals surface area (Å²) in [4.78, 5) is 25.0. The normalized spacial score (nSPS) is 18.0. The number of carbonyl (C=O) groups is 2. The van der Waals surface area contributed by atoms with Crippen molar-refractivity contribution in [3.63, 3.8) is 0 Å². The van der Waals surface area contributed by atoms with Gasteiger partial charge in [0.05, 0.1) is 14.2 Å². The Morgan fingerprint density at radius 2 is 1.83 bits per heavy atom. The van der Waals surface area contributed by atoms with Crippen molar-refractivity contribution in [2.24, 2.45) is 0 Å². The third kappa shape index (κ3) is 4.25. The van der Waals surface area contributed by atoms with E-state index in [4.69, 9.17) is 9.47 Å². The van der Waals surface area contributed by atoms with Crippen LogP contribution >= 0.6 is 0 Å². The average Bonchev–Trinajstić information content (AvgIpc) is 2.59. The summed E-state index contributed by atoms with van der Waals surface area (Å²) in [6.07, 6.45) is 5.20. The molecule has 0 bridgehead atoms. The smallest absolute Gasteiger partial charge is 0.326 e. The lowest BCUT2D eigenvalue weighted by Gasteiger charge is -2.32. The molecule has 0 aromatic heterocycles. The number of benzene rings is 1. The lowest BCUT2D eigenvalue weighted by Crippen LogP contribution is -2.47. The molecule has 1 heterocycles. The van der Waals surface area contributed by atoms with Gasteiger partial charge >= 0.3 is 5.97 Å². The number of nitrogens with zero attached hydrogens (tertiary/aromatic N) is 1. The average molecular weight is 319 g/mol. The van der Waals surface area contributed by atoms with E-state index in [1.54, 1.807) is 38.5 Å². The maximum atomic E-state index is 12.3. The molecule has 124 valence electrons. The lowest BCUT2D eigenvalue weighted by atomic mass is 10.0. The van der Waals surface area contributed by atoms with Crippen molar-refractivity contribution >= 4 is 18.0 Å². The van der Waals surface area contributed by atoms with Crippen LogP contribution in [0.5, 0.6) is 11.5 Å². The second-order valence-corrected chi connectivity index (χ2v) is 5.36. The molecule has 23 heavy (non-hydrogen) atoms. The Morgan fingerprint density at radius 3 is 2.39 bits per heavy atom. The maximum absolute atomic E-state index is 12.3. The Hall–Kier alpha value is -2.50. The van der Waals surface area contributed by atoms with Gasteiger partial charge in [-0.1, -0.05) is 0 Å². The predicted octanol–water partition coefficient (Wildman–Crippen LogP) is 2.18. The summed E-state index contributed by atoms with van der Waals surface area (Å²) in [5.41, 5.74) is 0.749. The summed E-state index contributed by atoms with van der Waals surface area (Å²) < 4.78 is 10.4. The summed E-state index contributed by atoms with van der Waals surface area (Å²) in [5.74, 6) is 0.00375. The fourth-order valence-electron chi connectivity index (χ4n) is 2.64. The molecule has 6 nitrogen and oxygen atoms in total. The maximum Gasteiger partial charge on any atom is 0.326 e. The molecule has 1 aromatic rings. The van der Waals surface area contributed by atoms with Crippen LogP contribution in [0.4, 0.5) is 0 Å². The van der Waals surface area contributed by atoms with Gasteiger partial charge in [0.1, 0.15) is 17.5 Å². The molecule has 0 spiro atoms. The molecule has 1 atom stereocenters. The highest BCUT2D eigenvalue weighted by atomic mass is 16.5. The van der Waals surface area contributed by atoms with Crippen molar-refractivity contribution in [2.45, 2.75) is 25.3 Å². The van der Waals surface area contributed by atoms with Crippen LogP contribution in [0, 0.1) is 0 Å². The fourth-order valence-corrected chi connectivity index (χ4v) is 2.64. The van der Waals surface area contributed by atoms with Crippen LogP contribution in [0.1, 0.15) is 24.8 Å². The van der Waals surface area contributed by atoms with E-state index in [2.05, 4.69) is 0 Å². The van der Waals surface area contributed by atoms with Crippen molar-refractivity contribution in [1.29, 1.82) is 0 Å². The van der Waals surface area contributed by atoms with Crippen LogP contribution < -0.4 is 9.47 Å². The molecule has 1 aromatic carbocycles. The Morgan fingerprint density at radius 1 is 1.17 bits per heavy atom. The molecule has 0 aliphatic carbocycles. The van der Waals surface area contributed by atoms with E-state index in [0.717, 1.165) is 18.4 Å². The molecule has 1 saturated heterocycles. The van der Waals surface area contributed by atoms with Gasteiger partial charge in [0.15, 0.2) is 0 Å². The largest absolute Gasteiger partial charge is 0.497 e. The number of ether oxygens (including phenoxy) is 2. The zero-order valence-corrected chi connectivity index (χ0v) is 13.3. The second kappa shape index (κ2) is 7.67. The molecule has 1 aliphatic rings. The summed E-state index contributed by atoms with van der Waals surface area (Å²) >= 11 is 0. The minimum Gasteiger partial charge on any atom is -0.497 e. The lowest BCUT2D eigenvalue weighted by molar-refractivity contribution is -0.150. The van der Waals surface area contributed by atoms with Crippen LogP contribution in [0.25, 0.3) is 6.08 Å². The number of rotatable bonds is 5. The van der Waals surface area contributed by atoms with E-state index >= 15 is 0 Å². The zero-order valence-electron chi connectivity index (χ0n) is 13.3. The number of aliphatic carboxylic acids is 1. The van der Waals surface area contributed by atoms with E-state index in [-0.39, 0.29) is 5.91 Å². The molecule has 2 rings (SSSR count). The monoisotopic (exact) mass is 319 g/mol. The first-order chi connectivity index (χ1) is 11.0. The first-order valence-electron chi connectivity index (χ1n) is 7.49. The van der Waals surface area contributed by atoms with Crippen molar-refractivity contribution in [2.75, 3.05) is 20.8 Å². The SMILES string of the molecule is COc1cc(/C=C/C(=O)N2CCCC[C@H]2C(=O)O)cc(OC)c1. The molecule has 0 radical (unpaired) electrons. The van der Waals surface area contributed by atoms with Crippen molar-refractivity contribution in [1.82, 2.24) is 4.90 Å². The predicted molar refractivity (Wildman–Crippen MR) is 85.6 cm³/mol. The van der Waals surface area contributed by atoms with Crippen LogP contribution in [0.3, 0.4) is 0 Å². The molecular formula is C17H21NO5. The van der Waals surface area contributed by atoms with Gasteiger partial charge < -0.3 is 19.5 Å². The minimum absolute atomic E-state index is 0.293. The van der Waals surface area contributed by atoms with Gasteiger partial charge in [-0.15, -0.1) is 0 Å². The summed E-state index contributed by atoms with van der Waals surface area (Å²) in [7, 11) is 3.11. The van der Waals surface area contributed by atoms with E-state index in [0.29, 0.717) is 24.5 Å². The number of amides is 1. The van der Waals surface area contributed by atoms with Gasteiger partial charge in [0, 0.05) is 18.7 Å². The summed E-state index contributed by atoms with van der Waals surface area (Å²) in [6.45, 7) is 0.474. The number of hydrogen-bond acceptors (Lipinski definition) is 4. The van der Waals surface area contributed by atoms with Gasteiger partial charge in [-0.25, -0.2) is 4.79 Å². The highest BCUT2D eigenvalue weighted by Gasteiger charge is 2.30. The van der Waals surface area contributed by atoms with Crippen LogP contribution in [0.2, 0.25) is 0 Å². The molecule has 0 saturated carbocycles. The Labute approximate surface area is 135 Å². The number of methoxy groups -OCH3 is 2. The van der Waals surface area contributed by atoms with Crippen molar-refractivity contribution in [3.05, 3.63) is 29.8 Å². The Balaban J connectivity index is 2.15. The van der Waals surface area contributed by atoms with Gasteiger partial charge in [0.25, 0.3) is 0 Å². The van der Waals surface area contributed by atoms with Gasteiger partial charge in [-0.05, 0) is 43.0 Å². The number of piperidine rings is 1. The van der Waals surface area contributed by atoms with Crippen LogP contribution in [-0.4, -0.2) is 48.7 Å². The number of hydrogen-bond donors (Lipinski definition) is 1. The Kier molecular flexibility index (Phi) is 5.62. The molecule has 1 aliphatic heterocycles. The number of likely N-dealkylation sites (tertiary alicyclic amines) is 1. The standard InChI is InChI=1S/C17H21NO5/c1-22-13-9-12(10-14(11-13)23-2)6-7-16(19)18-8-4-3-5-15(18)17(20)21/h6-7,9-11,15H,3-5,8H2,1-2H3,(H,20,21)/b7-6+/t15-/m0/s1. The third-order valence-corrected chi connectivity index (χ3v) is 3.86. The number of carbonyl (C=O) groups excluding carboxylic acids is 1. The van der Waals surface area contributed by atoms with E-state index < -0.39 is 12.0 Å². The van der Waals surface area contributed by atoms with E-state index in [1.807, 2.05) is 0 Å². The highest BCUT2D eigenvalue weighted by Crippen LogP contribution is 2.23. The van der Waals surface area contributed by atoms with E-state index in [9.17, 15) is 14.7 Å².